The second kappa shape index (κ2) is 10.0. The van der Waals surface area contributed by atoms with Crippen molar-refractivity contribution in [3.63, 3.8) is 0 Å². The first-order valence-electron chi connectivity index (χ1n) is 10.5. The molecular weight excluding hydrogens is 430 g/mol. The number of anilines is 1. The number of rotatable bonds is 8. The number of carbonyl (C=O) groups excluding carboxylic acids is 3. The van der Waals surface area contributed by atoms with Crippen LogP contribution in [0.1, 0.15) is 57.8 Å². The van der Waals surface area contributed by atoms with Crippen molar-refractivity contribution in [3.05, 3.63) is 39.8 Å². The van der Waals surface area contributed by atoms with Crippen molar-refractivity contribution in [2.45, 2.75) is 45.6 Å². The van der Waals surface area contributed by atoms with Crippen molar-refractivity contribution in [1.29, 1.82) is 0 Å². The van der Waals surface area contributed by atoms with Crippen molar-refractivity contribution in [2.24, 2.45) is 11.7 Å². The Bertz CT molecular complexity index is 1010. The van der Waals surface area contributed by atoms with Crippen LogP contribution in [0, 0.1) is 5.92 Å². The van der Waals surface area contributed by atoms with E-state index in [0.717, 1.165) is 36.1 Å². The number of primary amides is 1. The summed E-state index contributed by atoms with van der Waals surface area (Å²) < 4.78 is 10.4. The molecule has 32 heavy (non-hydrogen) atoms. The second-order valence-corrected chi connectivity index (χ2v) is 9.17. The van der Waals surface area contributed by atoms with Crippen LogP contribution in [0.2, 0.25) is 0 Å². The first-order chi connectivity index (χ1) is 15.2. The predicted molar refractivity (Wildman–Crippen MR) is 124 cm³/mol. The van der Waals surface area contributed by atoms with E-state index in [1.807, 2.05) is 13.8 Å². The highest BCUT2D eigenvalue weighted by Crippen LogP contribution is 2.38. The molecule has 0 bridgehead atoms. The van der Waals surface area contributed by atoms with Gasteiger partial charge in [-0.1, -0.05) is 13.8 Å². The largest absolute Gasteiger partial charge is 0.497 e. The van der Waals surface area contributed by atoms with E-state index in [1.54, 1.807) is 18.2 Å². The molecular formula is C23H29N3O5S. The summed E-state index contributed by atoms with van der Waals surface area (Å²) >= 11 is 1.39. The Kier molecular flexibility index (Phi) is 7.40. The minimum atomic E-state index is -0.820. The van der Waals surface area contributed by atoms with E-state index in [2.05, 4.69) is 10.6 Å². The van der Waals surface area contributed by atoms with Crippen LogP contribution >= 0.6 is 11.3 Å². The van der Waals surface area contributed by atoms with E-state index >= 15 is 0 Å². The average Bonchev–Trinajstić information content (AvgIpc) is 3.14. The number of nitrogens with two attached hydrogens (primary N) is 1. The van der Waals surface area contributed by atoms with Crippen LogP contribution in [-0.4, -0.2) is 38.0 Å². The summed E-state index contributed by atoms with van der Waals surface area (Å²) in [6.45, 7) is 3.68. The molecule has 4 N–H and O–H groups in total. The Morgan fingerprint density at radius 1 is 1.03 bits per heavy atom. The van der Waals surface area contributed by atoms with E-state index in [9.17, 15) is 14.4 Å². The minimum Gasteiger partial charge on any atom is -0.497 e. The SMILES string of the molecule is COc1cc(OC)cc(C(=O)N[C@@H](C(=O)Nc2sc3c(c2C(N)=O)CCCC3)C(C)C)c1. The van der Waals surface area contributed by atoms with Gasteiger partial charge in [0.15, 0.2) is 0 Å². The third-order valence-corrected chi connectivity index (χ3v) is 6.71. The molecule has 1 aliphatic carbocycles. The number of methoxy groups -OCH3 is 2. The fraction of sp³-hybridized carbons (Fsp3) is 0.435. The number of ether oxygens (including phenoxy) is 2. The normalized spacial score (nSPS) is 13.8. The number of fused-ring (bicyclic) bond motifs is 1. The number of carbonyl (C=O) groups is 3. The van der Waals surface area contributed by atoms with E-state index in [-0.39, 0.29) is 5.92 Å². The third-order valence-electron chi connectivity index (χ3n) is 5.50. The molecule has 1 aromatic carbocycles. The van der Waals surface area contributed by atoms with Crippen LogP contribution in [0.5, 0.6) is 11.5 Å². The van der Waals surface area contributed by atoms with Crippen LogP contribution in [0.25, 0.3) is 0 Å². The van der Waals surface area contributed by atoms with Crippen LogP contribution in [0.15, 0.2) is 18.2 Å². The molecule has 0 unspecified atom stereocenters. The predicted octanol–water partition coefficient (Wildman–Crippen LogP) is 3.14. The maximum atomic E-state index is 13.1. The zero-order valence-corrected chi connectivity index (χ0v) is 19.6. The highest BCUT2D eigenvalue weighted by Gasteiger charge is 2.29. The topological polar surface area (TPSA) is 120 Å². The second-order valence-electron chi connectivity index (χ2n) is 8.07. The molecule has 1 aliphatic rings. The van der Waals surface area contributed by atoms with Crippen molar-refractivity contribution in [2.75, 3.05) is 19.5 Å². The fourth-order valence-electron chi connectivity index (χ4n) is 3.80. The third kappa shape index (κ3) is 5.04. The minimum absolute atomic E-state index is 0.196. The van der Waals surface area contributed by atoms with Gasteiger partial charge in [0.05, 0.1) is 19.8 Å². The van der Waals surface area contributed by atoms with Crippen LogP contribution in [0.4, 0.5) is 5.00 Å². The molecule has 172 valence electrons. The Hall–Kier alpha value is -3.07. The van der Waals surface area contributed by atoms with Crippen LogP contribution in [0.3, 0.4) is 0 Å². The first-order valence-corrected chi connectivity index (χ1v) is 11.4. The van der Waals surface area contributed by atoms with Gasteiger partial charge in [-0.25, -0.2) is 0 Å². The molecule has 3 amide bonds. The standard InChI is InChI=1S/C23H29N3O5S/c1-12(2)19(25-21(28)13-9-14(30-3)11-15(10-13)31-4)22(29)26-23-18(20(24)27)16-7-5-6-8-17(16)32-23/h9-12,19H,5-8H2,1-4H3,(H2,24,27)(H,25,28)(H,26,29)/t19-/m1/s1. The molecule has 2 aromatic rings. The maximum absolute atomic E-state index is 13.1. The zero-order valence-electron chi connectivity index (χ0n) is 18.7. The van der Waals surface area contributed by atoms with Gasteiger partial charge in [0.2, 0.25) is 5.91 Å². The lowest BCUT2D eigenvalue weighted by molar-refractivity contribution is -0.118. The van der Waals surface area contributed by atoms with Gasteiger partial charge in [0.1, 0.15) is 22.5 Å². The number of amides is 3. The molecule has 0 fully saturated rings. The number of thiophene rings is 1. The molecule has 0 radical (unpaired) electrons. The fourth-order valence-corrected chi connectivity index (χ4v) is 5.10. The molecule has 1 heterocycles. The average molecular weight is 460 g/mol. The summed E-state index contributed by atoms with van der Waals surface area (Å²) in [5, 5.41) is 6.10. The summed E-state index contributed by atoms with van der Waals surface area (Å²) in [4.78, 5) is 39.2. The monoisotopic (exact) mass is 459 g/mol. The van der Waals surface area contributed by atoms with Crippen molar-refractivity contribution in [3.8, 4) is 11.5 Å². The molecule has 0 saturated heterocycles. The van der Waals surface area contributed by atoms with E-state index < -0.39 is 23.8 Å². The van der Waals surface area contributed by atoms with Crippen LogP contribution in [-0.2, 0) is 17.6 Å². The van der Waals surface area contributed by atoms with Crippen molar-refractivity contribution < 1.29 is 23.9 Å². The van der Waals surface area contributed by atoms with Gasteiger partial charge in [-0.2, -0.15) is 0 Å². The first kappa shape index (κ1) is 23.6. The number of benzene rings is 1. The molecule has 1 atom stereocenters. The zero-order chi connectivity index (χ0) is 23.4. The molecule has 0 aliphatic heterocycles. The summed E-state index contributed by atoms with van der Waals surface area (Å²) in [5.41, 5.74) is 7.27. The quantitative estimate of drug-likeness (QED) is 0.560. The molecule has 8 nitrogen and oxygen atoms in total. The summed E-state index contributed by atoms with van der Waals surface area (Å²) in [6, 6.07) is 3.99. The van der Waals surface area contributed by atoms with Gasteiger partial charge >= 0.3 is 0 Å². The van der Waals surface area contributed by atoms with Crippen molar-refractivity contribution >= 4 is 34.1 Å². The van der Waals surface area contributed by atoms with Gasteiger partial charge in [0, 0.05) is 16.5 Å². The maximum Gasteiger partial charge on any atom is 0.252 e. The lowest BCUT2D eigenvalue weighted by atomic mass is 9.95. The van der Waals surface area contributed by atoms with Gasteiger partial charge in [-0.05, 0) is 49.3 Å². The number of hydrogen-bond donors (Lipinski definition) is 3. The Balaban J connectivity index is 1.82. The number of aryl methyl sites for hydroxylation is 1. The highest BCUT2D eigenvalue weighted by molar-refractivity contribution is 7.17. The molecule has 3 rings (SSSR count). The summed E-state index contributed by atoms with van der Waals surface area (Å²) in [6.07, 6.45) is 3.69. The van der Waals surface area contributed by atoms with Gasteiger partial charge in [0.25, 0.3) is 11.8 Å². The molecule has 0 saturated carbocycles. The van der Waals surface area contributed by atoms with Crippen molar-refractivity contribution in [1.82, 2.24) is 5.32 Å². The number of nitrogens with one attached hydrogen (secondary N) is 2. The lowest BCUT2D eigenvalue weighted by Gasteiger charge is -2.22. The molecule has 1 aromatic heterocycles. The van der Waals surface area contributed by atoms with Gasteiger partial charge < -0.3 is 25.8 Å². The Morgan fingerprint density at radius 3 is 2.22 bits per heavy atom. The lowest BCUT2D eigenvalue weighted by Crippen LogP contribution is -2.47. The Labute approximate surface area is 191 Å². The van der Waals surface area contributed by atoms with E-state index in [0.29, 0.717) is 27.6 Å². The van der Waals surface area contributed by atoms with Gasteiger partial charge in [-0.3, -0.25) is 14.4 Å². The van der Waals surface area contributed by atoms with E-state index in [1.165, 1.54) is 25.6 Å². The highest BCUT2D eigenvalue weighted by atomic mass is 32.1. The summed E-state index contributed by atoms with van der Waals surface area (Å²) in [5.74, 6) is -0.641. The molecule has 0 spiro atoms. The summed E-state index contributed by atoms with van der Waals surface area (Å²) in [7, 11) is 3.00. The number of hydrogen-bond acceptors (Lipinski definition) is 6. The molecule has 9 heteroatoms. The van der Waals surface area contributed by atoms with Gasteiger partial charge in [-0.15, -0.1) is 11.3 Å². The van der Waals surface area contributed by atoms with E-state index in [4.69, 9.17) is 15.2 Å². The van der Waals surface area contributed by atoms with Crippen LogP contribution < -0.4 is 25.8 Å². The smallest absolute Gasteiger partial charge is 0.252 e. The Morgan fingerprint density at radius 2 is 1.66 bits per heavy atom.